The standard InChI is InChI=1S/C61H35N3O/c1-2-12-39(13-3-1)59-62-60(64-61(63-59)43-30-31-48-47-21-6-7-25-53(47)65-54(48)35-43)42-18-8-17-40(32-42)45-19-4-5-20-46(45)44-33-41-29-28-38-15-10-23-50-49-22-9-14-36-26-27-37-16-11-24-51(57(37)55(36)49)52(34-44)58(41)56(38)50/h1-35H. The number of nitrogens with zero attached hydrogens (tertiary/aromatic N) is 3. The fourth-order valence-corrected chi connectivity index (χ4v) is 10.5. The number of para-hydroxylation sites is 1. The van der Waals surface area contributed by atoms with Crippen molar-refractivity contribution in [2.24, 2.45) is 0 Å². The van der Waals surface area contributed by atoms with E-state index in [2.05, 4.69) is 158 Å². The lowest BCUT2D eigenvalue weighted by molar-refractivity contribution is 0.669. The molecule has 65 heavy (non-hydrogen) atoms. The van der Waals surface area contributed by atoms with Crippen molar-refractivity contribution in [1.29, 1.82) is 0 Å². The van der Waals surface area contributed by atoms with E-state index >= 15 is 0 Å². The van der Waals surface area contributed by atoms with Crippen LogP contribution in [0.5, 0.6) is 0 Å². The van der Waals surface area contributed by atoms with Crippen LogP contribution in [-0.4, -0.2) is 15.0 Å². The van der Waals surface area contributed by atoms with Crippen molar-refractivity contribution in [2.75, 3.05) is 0 Å². The molecule has 0 aliphatic carbocycles. The minimum atomic E-state index is 0.586. The molecule has 4 heteroatoms. The monoisotopic (exact) mass is 825 g/mol. The first-order chi connectivity index (χ1) is 32.2. The van der Waals surface area contributed by atoms with Crippen molar-refractivity contribution in [3.05, 3.63) is 212 Å². The van der Waals surface area contributed by atoms with Crippen LogP contribution >= 0.6 is 0 Å². The summed E-state index contributed by atoms with van der Waals surface area (Å²) in [4.78, 5) is 15.3. The second-order valence-electron chi connectivity index (χ2n) is 17.1. The molecule has 0 amide bonds. The van der Waals surface area contributed by atoms with Gasteiger partial charge in [-0.1, -0.05) is 176 Å². The lowest BCUT2D eigenvalue weighted by Crippen LogP contribution is -2.00. The Morgan fingerprint density at radius 1 is 0.246 bits per heavy atom. The van der Waals surface area contributed by atoms with Crippen LogP contribution in [0, 0.1) is 0 Å². The van der Waals surface area contributed by atoms with Gasteiger partial charge in [0.2, 0.25) is 0 Å². The van der Waals surface area contributed by atoms with Gasteiger partial charge in [-0.3, -0.25) is 0 Å². The number of hydrogen-bond donors (Lipinski definition) is 0. The van der Waals surface area contributed by atoms with Crippen LogP contribution < -0.4 is 0 Å². The summed E-state index contributed by atoms with van der Waals surface area (Å²) in [6, 6.07) is 76.1. The highest BCUT2D eigenvalue weighted by Gasteiger charge is 2.19. The van der Waals surface area contributed by atoms with Crippen molar-refractivity contribution in [3.8, 4) is 56.4 Å². The number of aromatic nitrogens is 3. The Hall–Kier alpha value is -8.73. The Bertz CT molecular complexity index is 4240. The minimum absolute atomic E-state index is 0.586. The molecule has 0 unspecified atom stereocenters. The van der Waals surface area contributed by atoms with E-state index in [0.717, 1.165) is 60.9 Å². The molecular formula is C61H35N3O. The lowest BCUT2D eigenvalue weighted by Gasteiger charge is -2.18. The summed E-state index contributed by atoms with van der Waals surface area (Å²) in [5.74, 6) is 1.80. The Kier molecular flexibility index (Phi) is 7.65. The van der Waals surface area contributed by atoms with Gasteiger partial charge in [0, 0.05) is 27.5 Å². The minimum Gasteiger partial charge on any atom is -0.456 e. The van der Waals surface area contributed by atoms with E-state index in [9.17, 15) is 0 Å². The van der Waals surface area contributed by atoms with Gasteiger partial charge in [-0.2, -0.15) is 0 Å². The first kappa shape index (κ1) is 35.8. The number of fused-ring (bicyclic) bond motifs is 5. The zero-order valence-corrected chi connectivity index (χ0v) is 35.0. The molecule has 14 rings (SSSR count). The molecule has 2 aromatic heterocycles. The molecule has 0 saturated heterocycles. The summed E-state index contributed by atoms with van der Waals surface area (Å²) >= 11 is 0. The quantitative estimate of drug-likeness (QED) is 0.162. The van der Waals surface area contributed by atoms with Crippen LogP contribution in [0.25, 0.3) is 143 Å². The molecular weight excluding hydrogens is 791 g/mol. The molecule has 4 nitrogen and oxygen atoms in total. The number of rotatable bonds is 5. The van der Waals surface area contributed by atoms with E-state index in [0.29, 0.717) is 17.5 Å². The second-order valence-corrected chi connectivity index (χ2v) is 17.1. The predicted octanol–water partition coefficient (Wildman–Crippen LogP) is 16.5. The molecule has 300 valence electrons. The van der Waals surface area contributed by atoms with Gasteiger partial charge in [-0.05, 0) is 123 Å². The highest BCUT2D eigenvalue weighted by atomic mass is 16.3. The summed E-state index contributed by atoms with van der Waals surface area (Å²) in [7, 11) is 0. The molecule has 12 aromatic carbocycles. The van der Waals surface area contributed by atoms with Crippen molar-refractivity contribution < 1.29 is 4.42 Å². The first-order valence-corrected chi connectivity index (χ1v) is 22.1. The maximum absolute atomic E-state index is 6.30. The largest absolute Gasteiger partial charge is 0.456 e. The summed E-state index contributed by atoms with van der Waals surface area (Å²) in [6.45, 7) is 0. The molecule has 2 heterocycles. The maximum Gasteiger partial charge on any atom is 0.164 e. The molecule has 0 N–H and O–H groups in total. The van der Waals surface area contributed by atoms with Crippen LogP contribution in [0.3, 0.4) is 0 Å². The molecule has 0 radical (unpaired) electrons. The van der Waals surface area contributed by atoms with Crippen LogP contribution in [0.4, 0.5) is 0 Å². The molecule has 0 bridgehead atoms. The third kappa shape index (κ3) is 5.54. The van der Waals surface area contributed by atoms with E-state index in [1.807, 2.05) is 54.6 Å². The molecule has 0 spiro atoms. The Labute approximate surface area is 373 Å². The summed E-state index contributed by atoms with van der Waals surface area (Å²) in [6.07, 6.45) is 0. The smallest absolute Gasteiger partial charge is 0.164 e. The third-order valence-electron chi connectivity index (χ3n) is 13.4. The van der Waals surface area contributed by atoms with E-state index in [1.165, 1.54) is 64.6 Å². The molecule has 0 aliphatic heterocycles. The first-order valence-electron chi connectivity index (χ1n) is 22.1. The second kappa shape index (κ2) is 13.9. The van der Waals surface area contributed by atoms with Gasteiger partial charge in [0.15, 0.2) is 17.5 Å². The highest BCUT2D eigenvalue weighted by Crippen LogP contribution is 2.45. The van der Waals surface area contributed by atoms with Gasteiger partial charge in [0.25, 0.3) is 0 Å². The van der Waals surface area contributed by atoms with Crippen molar-refractivity contribution in [3.63, 3.8) is 0 Å². The van der Waals surface area contributed by atoms with Crippen LogP contribution in [-0.2, 0) is 0 Å². The van der Waals surface area contributed by atoms with Gasteiger partial charge >= 0.3 is 0 Å². The lowest BCUT2D eigenvalue weighted by atomic mass is 9.85. The van der Waals surface area contributed by atoms with E-state index < -0.39 is 0 Å². The zero-order valence-electron chi connectivity index (χ0n) is 35.0. The Balaban J connectivity index is 0.966. The molecule has 0 saturated carbocycles. The van der Waals surface area contributed by atoms with Crippen LogP contribution in [0.1, 0.15) is 0 Å². The van der Waals surface area contributed by atoms with E-state index in [4.69, 9.17) is 19.4 Å². The van der Waals surface area contributed by atoms with Crippen LogP contribution in [0.15, 0.2) is 217 Å². The molecule has 0 atom stereocenters. The highest BCUT2D eigenvalue weighted by molar-refractivity contribution is 6.37. The topological polar surface area (TPSA) is 51.8 Å². The summed E-state index contributed by atoms with van der Waals surface area (Å²) < 4.78 is 6.30. The average Bonchev–Trinajstić information content (AvgIpc) is 3.75. The third-order valence-corrected chi connectivity index (χ3v) is 13.4. The molecule has 0 aliphatic rings. The van der Waals surface area contributed by atoms with Crippen molar-refractivity contribution >= 4 is 86.6 Å². The van der Waals surface area contributed by atoms with Gasteiger partial charge in [-0.15, -0.1) is 0 Å². The normalized spacial score (nSPS) is 12.0. The SMILES string of the molecule is c1ccc(-c2nc(-c3cccc(-c4ccccc4-c4cc5ccc6cccc7c8cccc9ccc%10cccc(c(c4)c5c67)c%10c98)c3)nc(-c3ccc4c(c3)oc3ccccc34)n2)cc1. The fraction of sp³-hybridized carbons (Fsp3) is 0. The summed E-state index contributed by atoms with van der Waals surface area (Å²) in [5.41, 5.74) is 8.87. The molecule has 14 aromatic rings. The molecule has 0 fully saturated rings. The van der Waals surface area contributed by atoms with E-state index in [-0.39, 0.29) is 0 Å². The van der Waals surface area contributed by atoms with Gasteiger partial charge in [0.05, 0.1) is 0 Å². The van der Waals surface area contributed by atoms with Crippen LogP contribution in [0.2, 0.25) is 0 Å². The van der Waals surface area contributed by atoms with Gasteiger partial charge < -0.3 is 4.42 Å². The Morgan fingerprint density at radius 2 is 0.723 bits per heavy atom. The maximum atomic E-state index is 6.30. The van der Waals surface area contributed by atoms with E-state index in [1.54, 1.807) is 0 Å². The predicted molar refractivity (Wildman–Crippen MR) is 271 cm³/mol. The average molecular weight is 826 g/mol. The number of benzene rings is 11. The fourth-order valence-electron chi connectivity index (χ4n) is 10.5. The Morgan fingerprint density at radius 3 is 1.42 bits per heavy atom. The van der Waals surface area contributed by atoms with Crippen molar-refractivity contribution in [1.82, 2.24) is 15.0 Å². The van der Waals surface area contributed by atoms with Crippen molar-refractivity contribution in [2.45, 2.75) is 0 Å². The van der Waals surface area contributed by atoms with Gasteiger partial charge in [0.1, 0.15) is 11.2 Å². The number of hydrogen-bond acceptors (Lipinski definition) is 4. The number of furan rings is 1. The van der Waals surface area contributed by atoms with Gasteiger partial charge in [-0.25, -0.2) is 15.0 Å². The zero-order chi connectivity index (χ0) is 42.6. The summed E-state index contributed by atoms with van der Waals surface area (Å²) in [5, 5.41) is 17.4.